The Kier molecular flexibility index (Phi) is 4.35. The molecule has 0 saturated heterocycles. The molecule has 1 aliphatic carbocycles. The van der Waals surface area contributed by atoms with Crippen molar-refractivity contribution in [2.24, 2.45) is 0 Å². The zero-order valence-corrected chi connectivity index (χ0v) is 14.2. The monoisotopic (exact) mass is 374 g/mol. The molecule has 0 aliphatic heterocycles. The van der Waals surface area contributed by atoms with Crippen LogP contribution in [0.3, 0.4) is 0 Å². The first-order valence-electron chi connectivity index (χ1n) is 8.51. The van der Waals surface area contributed by atoms with Gasteiger partial charge in [0, 0.05) is 18.2 Å². The van der Waals surface area contributed by atoms with Crippen LogP contribution in [0.2, 0.25) is 0 Å². The zero-order valence-electron chi connectivity index (χ0n) is 14.2. The van der Waals surface area contributed by atoms with E-state index in [0.717, 1.165) is 25.0 Å². The quantitative estimate of drug-likeness (QED) is 0.718. The Bertz CT molecular complexity index is 1040. The van der Waals surface area contributed by atoms with E-state index in [1.54, 1.807) is 16.7 Å². The van der Waals surface area contributed by atoms with Gasteiger partial charge in [0.15, 0.2) is 17.4 Å². The number of hydrogen-bond acceptors (Lipinski definition) is 4. The van der Waals surface area contributed by atoms with Crippen molar-refractivity contribution in [2.45, 2.75) is 25.4 Å². The Morgan fingerprint density at radius 2 is 2.07 bits per heavy atom. The summed E-state index contributed by atoms with van der Waals surface area (Å²) < 4.78 is 34.4. The summed E-state index contributed by atoms with van der Waals surface area (Å²) in [5, 5.41) is 6.89. The molecule has 2 aromatic heterocycles. The number of aromatic nitrogens is 3. The molecule has 27 heavy (non-hydrogen) atoms. The van der Waals surface area contributed by atoms with Gasteiger partial charge in [0.25, 0.3) is 5.91 Å². The highest BCUT2D eigenvalue weighted by Crippen LogP contribution is 2.36. The molecule has 0 radical (unpaired) electrons. The highest BCUT2D eigenvalue weighted by atomic mass is 19.2. The van der Waals surface area contributed by atoms with E-state index >= 15 is 0 Å². The number of halogens is 2. The normalized spacial score (nSPS) is 13.7. The zero-order chi connectivity index (χ0) is 19.0. The van der Waals surface area contributed by atoms with E-state index in [4.69, 9.17) is 4.42 Å². The van der Waals surface area contributed by atoms with Gasteiger partial charge in [-0.15, -0.1) is 5.10 Å². The predicted molar refractivity (Wildman–Crippen MR) is 91.2 cm³/mol. The standard InChI is InChI=1S/C18H16F2N4O3/c19-13-6-3-11(10-14(13)20)17(25)21-7-8-23-18(26)24(12-4-5-12)16(22-23)15-2-1-9-27-15/h1-3,6,9-10,12H,4-5,7-8H2,(H,21,25). The molecular weight excluding hydrogens is 358 g/mol. The van der Waals surface area contributed by atoms with Crippen molar-refractivity contribution in [3.05, 3.63) is 64.3 Å². The van der Waals surface area contributed by atoms with Crippen LogP contribution in [0.4, 0.5) is 8.78 Å². The number of hydrogen-bond donors (Lipinski definition) is 1. The number of benzene rings is 1. The van der Waals surface area contributed by atoms with Crippen LogP contribution in [-0.4, -0.2) is 26.8 Å². The number of nitrogens with zero attached hydrogens (tertiary/aromatic N) is 3. The average Bonchev–Trinajstić information content (AvgIpc) is 3.22. The predicted octanol–water partition coefficient (Wildman–Crippen LogP) is 2.35. The highest BCUT2D eigenvalue weighted by molar-refractivity contribution is 5.94. The van der Waals surface area contributed by atoms with E-state index in [1.165, 1.54) is 17.0 Å². The minimum absolute atomic E-state index is 0.000955. The summed E-state index contributed by atoms with van der Waals surface area (Å²) in [6.45, 7) is 0.249. The van der Waals surface area contributed by atoms with Crippen LogP contribution in [0, 0.1) is 11.6 Å². The molecule has 0 atom stereocenters. The average molecular weight is 374 g/mol. The van der Waals surface area contributed by atoms with E-state index < -0.39 is 17.5 Å². The molecule has 2 heterocycles. The Morgan fingerprint density at radius 1 is 1.26 bits per heavy atom. The van der Waals surface area contributed by atoms with Crippen molar-refractivity contribution in [3.63, 3.8) is 0 Å². The van der Waals surface area contributed by atoms with E-state index in [2.05, 4.69) is 10.4 Å². The number of nitrogens with one attached hydrogen (secondary N) is 1. The van der Waals surface area contributed by atoms with E-state index in [-0.39, 0.29) is 30.4 Å². The van der Waals surface area contributed by atoms with Gasteiger partial charge in [0.2, 0.25) is 5.82 Å². The summed E-state index contributed by atoms with van der Waals surface area (Å²) in [6.07, 6.45) is 3.33. The number of rotatable bonds is 6. The fourth-order valence-corrected chi connectivity index (χ4v) is 2.82. The first kappa shape index (κ1) is 17.2. The van der Waals surface area contributed by atoms with Gasteiger partial charge in [0.05, 0.1) is 12.8 Å². The minimum atomic E-state index is -1.09. The summed E-state index contributed by atoms with van der Waals surface area (Å²) in [5.74, 6) is -1.71. The van der Waals surface area contributed by atoms with Crippen LogP contribution in [0.15, 0.2) is 45.8 Å². The third kappa shape index (κ3) is 3.40. The van der Waals surface area contributed by atoms with Crippen molar-refractivity contribution >= 4 is 5.91 Å². The maximum Gasteiger partial charge on any atom is 0.346 e. The maximum atomic E-state index is 13.2. The summed E-state index contributed by atoms with van der Waals surface area (Å²) in [5.41, 5.74) is -0.271. The lowest BCUT2D eigenvalue weighted by Crippen LogP contribution is -2.32. The Morgan fingerprint density at radius 3 is 2.74 bits per heavy atom. The molecule has 4 rings (SSSR count). The molecule has 1 aliphatic rings. The van der Waals surface area contributed by atoms with Crippen molar-refractivity contribution < 1.29 is 18.0 Å². The second kappa shape index (κ2) is 6.82. The van der Waals surface area contributed by atoms with Crippen LogP contribution < -0.4 is 11.0 Å². The summed E-state index contributed by atoms with van der Waals surface area (Å²) in [4.78, 5) is 24.6. The lowest BCUT2D eigenvalue weighted by Gasteiger charge is -2.05. The number of carbonyl (C=O) groups is 1. The summed E-state index contributed by atoms with van der Waals surface area (Å²) in [7, 11) is 0. The maximum absolute atomic E-state index is 13.2. The van der Waals surface area contributed by atoms with Gasteiger partial charge >= 0.3 is 5.69 Å². The van der Waals surface area contributed by atoms with Crippen LogP contribution in [0.5, 0.6) is 0 Å². The Balaban J connectivity index is 1.47. The highest BCUT2D eigenvalue weighted by Gasteiger charge is 2.31. The SMILES string of the molecule is O=C(NCCn1nc(-c2ccco2)n(C2CC2)c1=O)c1ccc(F)c(F)c1. The molecule has 140 valence electrons. The van der Waals surface area contributed by atoms with Gasteiger partial charge in [0.1, 0.15) is 0 Å². The van der Waals surface area contributed by atoms with Gasteiger partial charge in [-0.3, -0.25) is 9.36 Å². The molecule has 0 bridgehead atoms. The summed E-state index contributed by atoms with van der Waals surface area (Å²) >= 11 is 0. The van der Waals surface area contributed by atoms with Crippen molar-refractivity contribution in [2.75, 3.05) is 6.54 Å². The van der Waals surface area contributed by atoms with E-state index in [9.17, 15) is 18.4 Å². The third-order valence-corrected chi connectivity index (χ3v) is 4.32. The molecule has 1 fully saturated rings. The van der Waals surface area contributed by atoms with E-state index in [0.29, 0.717) is 11.6 Å². The Hall–Kier alpha value is -3.23. The first-order chi connectivity index (χ1) is 13.0. The fraction of sp³-hybridized carbons (Fsp3) is 0.278. The largest absolute Gasteiger partial charge is 0.461 e. The lowest BCUT2D eigenvalue weighted by atomic mass is 10.2. The van der Waals surface area contributed by atoms with Gasteiger partial charge < -0.3 is 9.73 Å². The molecule has 3 aromatic rings. The second-order valence-corrected chi connectivity index (χ2v) is 6.29. The van der Waals surface area contributed by atoms with E-state index in [1.807, 2.05) is 0 Å². The lowest BCUT2D eigenvalue weighted by molar-refractivity contribution is 0.0951. The van der Waals surface area contributed by atoms with Crippen molar-refractivity contribution in [1.82, 2.24) is 19.7 Å². The Labute approximate surface area is 152 Å². The molecule has 1 N–H and O–H groups in total. The summed E-state index contributed by atoms with van der Waals surface area (Å²) in [6, 6.07) is 6.48. The molecule has 1 amide bonds. The van der Waals surface area contributed by atoms with Crippen molar-refractivity contribution in [1.29, 1.82) is 0 Å². The van der Waals surface area contributed by atoms with Crippen LogP contribution in [0.25, 0.3) is 11.6 Å². The molecule has 0 unspecified atom stereocenters. The van der Waals surface area contributed by atoms with Crippen LogP contribution in [-0.2, 0) is 6.54 Å². The number of furan rings is 1. The topological polar surface area (TPSA) is 82.1 Å². The van der Waals surface area contributed by atoms with Crippen LogP contribution in [0.1, 0.15) is 29.2 Å². The second-order valence-electron chi connectivity index (χ2n) is 6.29. The minimum Gasteiger partial charge on any atom is -0.461 e. The first-order valence-corrected chi connectivity index (χ1v) is 8.51. The molecule has 9 heteroatoms. The number of carbonyl (C=O) groups excluding carboxylic acids is 1. The fourth-order valence-electron chi connectivity index (χ4n) is 2.82. The third-order valence-electron chi connectivity index (χ3n) is 4.32. The molecule has 0 spiro atoms. The van der Waals surface area contributed by atoms with Gasteiger partial charge in [-0.25, -0.2) is 18.3 Å². The van der Waals surface area contributed by atoms with Gasteiger partial charge in [-0.1, -0.05) is 0 Å². The molecule has 7 nitrogen and oxygen atoms in total. The number of amides is 1. The molecule has 1 aromatic carbocycles. The van der Waals surface area contributed by atoms with Crippen LogP contribution >= 0.6 is 0 Å². The van der Waals surface area contributed by atoms with Gasteiger partial charge in [-0.05, 0) is 43.2 Å². The molecular formula is C18H16F2N4O3. The van der Waals surface area contributed by atoms with Gasteiger partial charge in [-0.2, -0.15) is 0 Å². The molecule has 1 saturated carbocycles. The van der Waals surface area contributed by atoms with Crippen molar-refractivity contribution in [3.8, 4) is 11.6 Å². The smallest absolute Gasteiger partial charge is 0.346 e.